The van der Waals surface area contributed by atoms with E-state index in [0.717, 1.165) is 22.4 Å². The molecule has 0 fully saturated rings. The van der Waals surface area contributed by atoms with E-state index < -0.39 is 5.97 Å². The minimum atomic E-state index is -0.918. The fourth-order valence-electron chi connectivity index (χ4n) is 4.21. The number of oxime groups is 1. The molecule has 3 rings (SSSR count). The highest BCUT2D eigenvalue weighted by Crippen LogP contribution is 2.31. The van der Waals surface area contributed by atoms with Crippen molar-refractivity contribution in [3.8, 4) is 5.75 Å². The van der Waals surface area contributed by atoms with E-state index in [1.807, 2.05) is 45.0 Å². The van der Waals surface area contributed by atoms with Gasteiger partial charge in [-0.3, -0.25) is 9.59 Å². The predicted molar refractivity (Wildman–Crippen MR) is 159 cm³/mol. The number of benzene rings is 3. The van der Waals surface area contributed by atoms with Gasteiger partial charge in [0.05, 0.1) is 18.3 Å². The normalized spacial score (nSPS) is 11.3. The third kappa shape index (κ3) is 8.87. The molecule has 11 nitrogen and oxygen atoms in total. The number of carbonyl (C=O) groups is 2. The molecule has 11 heteroatoms. The lowest BCUT2D eigenvalue weighted by Gasteiger charge is -2.21. The van der Waals surface area contributed by atoms with Crippen molar-refractivity contribution in [2.75, 3.05) is 29.1 Å². The zero-order valence-corrected chi connectivity index (χ0v) is 23.4. The molecule has 0 saturated heterocycles. The number of ether oxygens (including phenoxy) is 1. The average Bonchev–Trinajstić information content (AvgIpc) is 2.94. The van der Waals surface area contributed by atoms with E-state index in [4.69, 9.17) is 15.7 Å². The predicted octanol–water partition coefficient (Wildman–Crippen LogP) is 4.16. The summed E-state index contributed by atoms with van der Waals surface area (Å²) < 4.78 is 6.05. The third-order valence-corrected chi connectivity index (χ3v) is 6.13. The summed E-state index contributed by atoms with van der Waals surface area (Å²) in [6.45, 7) is 6.25. The fourth-order valence-corrected chi connectivity index (χ4v) is 4.21. The molecule has 0 aliphatic rings. The summed E-state index contributed by atoms with van der Waals surface area (Å²) in [6.07, 6.45) is 0.0519. The number of amidine groups is 1. The van der Waals surface area contributed by atoms with E-state index in [0.29, 0.717) is 34.8 Å². The molecule has 0 spiro atoms. The summed E-state index contributed by atoms with van der Waals surface area (Å²) in [7, 11) is 0. The van der Waals surface area contributed by atoms with Crippen LogP contribution in [0.1, 0.15) is 52.9 Å². The van der Waals surface area contributed by atoms with Crippen LogP contribution in [0.3, 0.4) is 0 Å². The monoisotopic (exact) mass is 563 g/mol. The van der Waals surface area contributed by atoms with Gasteiger partial charge in [0, 0.05) is 48.2 Å². The number of aryl methyl sites for hydroxylation is 1. The second kappa shape index (κ2) is 14.6. The van der Waals surface area contributed by atoms with Crippen molar-refractivity contribution in [1.82, 2.24) is 0 Å². The molecule has 0 atom stereocenters. The summed E-state index contributed by atoms with van der Waals surface area (Å²) >= 11 is 0. The topological polar surface area (TPSA) is 179 Å². The highest BCUT2D eigenvalue weighted by Gasteiger charge is 2.17. The number of nitrogens with zero attached hydrogens (tertiary/aromatic N) is 1. The van der Waals surface area contributed by atoms with Gasteiger partial charge in [-0.25, -0.2) is 0 Å². The Bertz CT molecular complexity index is 1390. The molecule has 0 unspecified atom stereocenters. The van der Waals surface area contributed by atoms with Gasteiger partial charge in [0.2, 0.25) is 0 Å². The Morgan fingerprint density at radius 2 is 1.76 bits per heavy atom. The van der Waals surface area contributed by atoms with Gasteiger partial charge in [0.25, 0.3) is 5.91 Å². The number of carbonyl (C=O) groups excluding carboxylic acids is 1. The SMILES string of the molecule is Cc1ccc(NCc2cc(NCCO)cc(OC(C)C)c2CCC(=O)O)c(C(=O)Nc2ccc(/C(N)=N/O)cc2)c1. The largest absolute Gasteiger partial charge is 0.491 e. The number of nitrogens with one attached hydrogen (secondary N) is 3. The number of rotatable bonds is 14. The molecule has 0 saturated carbocycles. The second-order valence-corrected chi connectivity index (χ2v) is 9.74. The van der Waals surface area contributed by atoms with Gasteiger partial charge < -0.3 is 41.8 Å². The number of amides is 1. The Morgan fingerprint density at radius 1 is 1.02 bits per heavy atom. The molecule has 0 aliphatic carbocycles. The molecule has 0 aliphatic heterocycles. The Balaban J connectivity index is 1.91. The van der Waals surface area contributed by atoms with Crippen LogP contribution >= 0.6 is 0 Å². The van der Waals surface area contributed by atoms with Crippen LogP contribution in [0, 0.1) is 6.92 Å². The highest BCUT2D eigenvalue weighted by atomic mass is 16.5. The van der Waals surface area contributed by atoms with Gasteiger partial charge in [0.1, 0.15) is 5.75 Å². The van der Waals surface area contributed by atoms with Crippen molar-refractivity contribution in [2.24, 2.45) is 10.9 Å². The van der Waals surface area contributed by atoms with Crippen LogP contribution in [0.25, 0.3) is 0 Å². The van der Waals surface area contributed by atoms with Crippen molar-refractivity contribution in [1.29, 1.82) is 0 Å². The number of carboxylic acid groups (broad SMARTS) is 1. The maximum atomic E-state index is 13.3. The molecule has 0 aromatic heterocycles. The Kier molecular flexibility index (Phi) is 10.9. The van der Waals surface area contributed by atoms with Crippen LogP contribution in [0.4, 0.5) is 17.1 Å². The maximum Gasteiger partial charge on any atom is 0.303 e. The van der Waals surface area contributed by atoms with Crippen molar-refractivity contribution < 1.29 is 29.7 Å². The summed E-state index contributed by atoms with van der Waals surface area (Å²) in [5.74, 6) is -0.716. The highest BCUT2D eigenvalue weighted by molar-refractivity contribution is 6.08. The van der Waals surface area contributed by atoms with Gasteiger partial charge in [-0.15, -0.1) is 0 Å². The summed E-state index contributed by atoms with van der Waals surface area (Å²) in [6, 6.07) is 15.8. The molecule has 0 radical (unpaired) electrons. The number of carboxylic acids is 1. The average molecular weight is 564 g/mol. The van der Waals surface area contributed by atoms with Crippen LogP contribution in [0.2, 0.25) is 0 Å². The molecule has 3 aromatic carbocycles. The molecule has 3 aromatic rings. The van der Waals surface area contributed by atoms with Gasteiger partial charge >= 0.3 is 5.97 Å². The van der Waals surface area contributed by atoms with Crippen molar-refractivity contribution >= 4 is 34.8 Å². The molecular formula is C30H37N5O6. The van der Waals surface area contributed by atoms with Crippen molar-refractivity contribution in [3.05, 3.63) is 82.4 Å². The van der Waals surface area contributed by atoms with Crippen molar-refractivity contribution in [3.63, 3.8) is 0 Å². The molecule has 8 N–H and O–H groups in total. The summed E-state index contributed by atoms with van der Waals surface area (Å²) in [4.78, 5) is 24.7. The Labute approximate surface area is 239 Å². The number of hydrogen-bond donors (Lipinski definition) is 7. The number of aliphatic hydroxyl groups excluding tert-OH is 1. The molecule has 0 bridgehead atoms. The van der Waals surface area contributed by atoms with Gasteiger partial charge in [0.15, 0.2) is 5.84 Å². The number of nitrogens with two attached hydrogens (primary N) is 1. The fraction of sp³-hybridized carbons (Fsp3) is 0.300. The smallest absolute Gasteiger partial charge is 0.303 e. The first-order chi connectivity index (χ1) is 19.6. The summed E-state index contributed by atoms with van der Waals surface area (Å²) in [5, 5.41) is 39.9. The van der Waals surface area contributed by atoms with Crippen molar-refractivity contribution in [2.45, 2.75) is 46.3 Å². The van der Waals surface area contributed by atoms with E-state index in [1.165, 1.54) is 0 Å². The number of aliphatic carboxylic acids is 1. The lowest BCUT2D eigenvalue weighted by molar-refractivity contribution is -0.136. The number of aliphatic hydroxyl groups is 1. The van der Waals surface area contributed by atoms with Crippen LogP contribution in [-0.4, -0.2) is 52.4 Å². The van der Waals surface area contributed by atoms with Crippen LogP contribution in [-0.2, 0) is 17.8 Å². The molecule has 218 valence electrons. The first kappa shape index (κ1) is 30.8. The first-order valence-electron chi connectivity index (χ1n) is 13.2. The van der Waals surface area contributed by atoms with Crippen LogP contribution < -0.4 is 26.4 Å². The standard InChI is InChI=1S/C30H37N5O6/c1-18(2)41-27-16-23(32-12-13-36)15-21(24(27)9-11-28(37)38)17-33-26-10-4-19(3)14-25(26)30(39)34-22-7-5-20(6-8-22)29(31)35-40/h4-8,10,14-16,18,32-33,36,40H,9,11-13,17H2,1-3H3,(H2,31,35)(H,34,39)(H,37,38). The summed E-state index contributed by atoms with van der Waals surface area (Å²) in [5.41, 5.74) is 10.9. The van der Waals surface area contributed by atoms with Gasteiger partial charge in [-0.1, -0.05) is 16.8 Å². The Morgan fingerprint density at radius 3 is 2.39 bits per heavy atom. The minimum absolute atomic E-state index is 0.0339. The maximum absolute atomic E-state index is 13.3. The van der Waals surface area contributed by atoms with E-state index in [2.05, 4.69) is 21.1 Å². The lowest BCUT2D eigenvalue weighted by atomic mass is 9.99. The molecule has 41 heavy (non-hydrogen) atoms. The third-order valence-electron chi connectivity index (χ3n) is 6.13. The zero-order valence-electron chi connectivity index (χ0n) is 23.4. The van der Waals surface area contributed by atoms with Gasteiger partial charge in [-0.05, 0) is 80.8 Å². The van der Waals surface area contributed by atoms with E-state index in [9.17, 15) is 19.8 Å². The molecule has 0 heterocycles. The quantitative estimate of drug-likeness (QED) is 0.0656. The van der Waals surface area contributed by atoms with Gasteiger partial charge in [-0.2, -0.15) is 0 Å². The Hall–Kier alpha value is -4.77. The van der Waals surface area contributed by atoms with Crippen LogP contribution in [0.5, 0.6) is 5.75 Å². The van der Waals surface area contributed by atoms with Crippen LogP contribution in [0.15, 0.2) is 59.8 Å². The first-order valence-corrected chi connectivity index (χ1v) is 13.2. The molecule has 1 amide bonds. The molecular weight excluding hydrogens is 526 g/mol. The van der Waals surface area contributed by atoms with E-state index in [-0.39, 0.29) is 43.8 Å². The minimum Gasteiger partial charge on any atom is -0.491 e. The number of hydrogen-bond acceptors (Lipinski definition) is 8. The lowest BCUT2D eigenvalue weighted by Crippen LogP contribution is -2.17. The van der Waals surface area contributed by atoms with E-state index >= 15 is 0 Å². The van der Waals surface area contributed by atoms with E-state index in [1.54, 1.807) is 30.3 Å². The zero-order chi connectivity index (χ0) is 29.9. The second-order valence-electron chi connectivity index (χ2n) is 9.74. The number of anilines is 3.